The van der Waals surface area contributed by atoms with E-state index in [1.54, 1.807) is 19.3 Å². The summed E-state index contributed by atoms with van der Waals surface area (Å²) in [6.45, 7) is 2.21. The maximum absolute atomic E-state index is 12.5. The summed E-state index contributed by atoms with van der Waals surface area (Å²) in [6.07, 6.45) is 2.06. The Kier molecular flexibility index (Phi) is 3.80. The molecule has 102 valence electrons. The van der Waals surface area contributed by atoms with Gasteiger partial charge >= 0.3 is 0 Å². The highest BCUT2D eigenvalue weighted by Crippen LogP contribution is 2.20. The molecule has 3 N–H and O–H groups in total. The Labute approximate surface area is 112 Å². The highest BCUT2D eigenvalue weighted by molar-refractivity contribution is 5.97. The van der Waals surface area contributed by atoms with Gasteiger partial charge in [-0.3, -0.25) is 14.6 Å². The molecule has 0 saturated carbocycles. The molecule has 1 aromatic rings. The lowest BCUT2D eigenvalue weighted by atomic mass is 10.1. The Bertz CT molecular complexity index is 503. The SMILES string of the molecule is CNC(=O)[C@@H]1C[C@H](N)CN1C(=O)c1ncccc1C. The average molecular weight is 262 g/mol. The van der Waals surface area contributed by atoms with Gasteiger partial charge in [-0.1, -0.05) is 6.07 Å². The second-order valence-electron chi connectivity index (χ2n) is 4.75. The minimum absolute atomic E-state index is 0.171. The van der Waals surface area contributed by atoms with Gasteiger partial charge in [-0.2, -0.15) is 0 Å². The van der Waals surface area contributed by atoms with Crippen LogP contribution in [0.2, 0.25) is 0 Å². The van der Waals surface area contributed by atoms with Crippen LogP contribution in [0.1, 0.15) is 22.5 Å². The molecule has 2 amide bonds. The Morgan fingerprint density at radius 3 is 2.89 bits per heavy atom. The van der Waals surface area contributed by atoms with Crippen LogP contribution in [0.3, 0.4) is 0 Å². The monoisotopic (exact) mass is 262 g/mol. The van der Waals surface area contributed by atoms with Gasteiger partial charge in [0.2, 0.25) is 5.91 Å². The molecule has 1 fully saturated rings. The van der Waals surface area contributed by atoms with Gasteiger partial charge in [0.15, 0.2) is 0 Å². The number of carbonyl (C=O) groups excluding carboxylic acids is 2. The van der Waals surface area contributed by atoms with Crippen molar-refractivity contribution in [2.24, 2.45) is 5.73 Å². The number of aromatic nitrogens is 1. The van der Waals surface area contributed by atoms with Crippen LogP contribution in [0.25, 0.3) is 0 Å². The maximum Gasteiger partial charge on any atom is 0.273 e. The number of nitrogens with two attached hydrogens (primary N) is 1. The third kappa shape index (κ3) is 2.58. The van der Waals surface area contributed by atoms with Gasteiger partial charge in [-0.25, -0.2) is 0 Å². The highest BCUT2D eigenvalue weighted by atomic mass is 16.2. The van der Waals surface area contributed by atoms with E-state index in [4.69, 9.17) is 5.73 Å². The lowest BCUT2D eigenvalue weighted by Gasteiger charge is -2.23. The van der Waals surface area contributed by atoms with Gasteiger partial charge in [0.25, 0.3) is 5.91 Å². The minimum atomic E-state index is -0.506. The molecule has 1 saturated heterocycles. The van der Waals surface area contributed by atoms with E-state index >= 15 is 0 Å². The molecular formula is C13H18N4O2. The normalized spacial score (nSPS) is 22.4. The molecule has 19 heavy (non-hydrogen) atoms. The number of hydrogen-bond donors (Lipinski definition) is 2. The van der Waals surface area contributed by atoms with Crippen molar-refractivity contribution in [3.05, 3.63) is 29.6 Å². The van der Waals surface area contributed by atoms with E-state index in [-0.39, 0.29) is 17.9 Å². The van der Waals surface area contributed by atoms with Crippen LogP contribution < -0.4 is 11.1 Å². The maximum atomic E-state index is 12.5. The summed E-state index contributed by atoms with van der Waals surface area (Å²) >= 11 is 0. The Morgan fingerprint density at radius 1 is 1.53 bits per heavy atom. The number of nitrogens with zero attached hydrogens (tertiary/aromatic N) is 2. The smallest absolute Gasteiger partial charge is 0.273 e. The molecule has 0 unspecified atom stereocenters. The highest BCUT2D eigenvalue weighted by Gasteiger charge is 2.38. The van der Waals surface area contributed by atoms with E-state index in [1.807, 2.05) is 13.0 Å². The first-order valence-corrected chi connectivity index (χ1v) is 6.24. The number of hydrogen-bond acceptors (Lipinski definition) is 4. The molecule has 0 aliphatic carbocycles. The first kappa shape index (κ1) is 13.5. The van der Waals surface area contributed by atoms with Crippen LogP contribution >= 0.6 is 0 Å². The van der Waals surface area contributed by atoms with E-state index < -0.39 is 6.04 Å². The number of likely N-dealkylation sites (tertiary alicyclic amines) is 1. The van der Waals surface area contributed by atoms with Gasteiger partial charge in [0, 0.05) is 25.8 Å². The number of amides is 2. The van der Waals surface area contributed by atoms with Crippen molar-refractivity contribution in [2.45, 2.75) is 25.4 Å². The largest absolute Gasteiger partial charge is 0.357 e. The van der Waals surface area contributed by atoms with Gasteiger partial charge in [0.1, 0.15) is 11.7 Å². The zero-order chi connectivity index (χ0) is 14.0. The minimum Gasteiger partial charge on any atom is -0.357 e. The standard InChI is InChI=1S/C13H18N4O2/c1-8-4-3-5-16-11(8)13(19)17-7-9(14)6-10(17)12(18)15-2/h3-5,9-10H,6-7,14H2,1-2H3,(H,15,18)/t9-,10-/m0/s1. The Balaban J connectivity index is 2.27. The second-order valence-corrected chi connectivity index (χ2v) is 4.75. The number of rotatable bonds is 2. The number of aryl methyl sites for hydroxylation is 1. The van der Waals surface area contributed by atoms with Crippen molar-refractivity contribution in [1.82, 2.24) is 15.2 Å². The molecule has 1 aliphatic rings. The van der Waals surface area contributed by atoms with Crippen molar-refractivity contribution in [1.29, 1.82) is 0 Å². The number of carbonyl (C=O) groups is 2. The van der Waals surface area contributed by atoms with E-state index in [9.17, 15) is 9.59 Å². The summed E-state index contributed by atoms with van der Waals surface area (Å²) < 4.78 is 0. The van der Waals surface area contributed by atoms with Crippen LogP contribution in [0.5, 0.6) is 0 Å². The summed E-state index contributed by atoms with van der Waals surface area (Å²) in [5, 5.41) is 2.57. The van der Waals surface area contributed by atoms with Gasteiger partial charge in [-0.05, 0) is 25.0 Å². The molecule has 0 bridgehead atoms. The lowest BCUT2D eigenvalue weighted by Crippen LogP contribution is -2.45. The summed E-state index contributed by atoms with van der Waals surface area (Å²) in [7, 11) is 1.56. The van der Waals surface area contributed by atoms with Crippen LogP contribution in [-0.4, -0.2) is 47.4 Å². The van der Waals surface area contributed by atoms with Crippen LogP contribution in [0, 0.1) is 6.92 Å². The number of pyridine rings is 1. The molecule has 0 radical (unpaired) electrons. The third-order valence-corrected chi connectivity index (χ3v) is 3.36. The van der Waals surface area contributed by atoms with Crippen LogP contribution in [0.4, 0.5) is 0 Å². The van der Waals surface area contributed by atoms with Crippen LogP contribution in [-0.2, 0) is 4.79 Å². The van der Waals surface area contributed by atoms with Crippen molar-refractivity contribution >= 4 is 11.8 Å². The van der Waals surface area contributed by atoms with Gasteiger partial charge in [0.05, 0.1) is 0 Å². The molecule has 6 heteroatoms. The van der Waals surface area contributed by atoms with Crippen molar-refractivity contribution < 1.29 is 9.59 Å². The predicted molar refractivity (Wildman–Crippen MR) is 70.5 cm³/mol. The van der Waals surface area contributed by atoms with E-state index in [0.717, 1.165) is 5.56 Å². The topological polar surface area (TPSA) is 88.3 Å². The van der Waals surface area contributed by atoms with Crippen molar-refractivity contribution in [3.8, 4) is 0 Å². The molecule has 6 nitrogen and oxygen atoms in total. The molecule has 1 aromatic heterocycles. The fourth-order valence-corrected chi connectivity index (χ4v) is 2.35. The molecule has 2 rings (SSSR count). The van der Waals surface area contributed by atoms with Crippen molar-refractivity contribution in [2.75, 3.05) is 13.6 Å². The number of nitrogens with one attached hydrogen (secondary N) is 1. The first-order valence-electron chi connectivity index (χ1n) is 6.24. The Hall–Kier alpha value is -1.95. The zero-order valence-electron chi connectivity index (χ0n) is 11.1. The lowest BCUT2D eigenvalue weighted by molar-refractivity contribution is -0.124. The molecule has 0 spiro atoms. The zero-order valence-corrected chi connectivity index (χ0v) is 11.1. The quantitative estimate of drug-likeness (QED) is 0.764. The fourth-order valence-electron chi connectivity index (χ4n) is 2.35. The Morgan fingerprint density at radius 2 is 2.26 bits per heavy atom. The molecule has 2 heterocycles. The first-order chi connectivity index (χ1) is 9.04. The van der Waals surface area contributed by atoms with Gasteiger partial charge < -0.3 is 16.0 Å². The summed E-state index contributed by atoms with van der Waals surface area (Å²) in [5.74, 6) is -0.422. The summed E-state index contributed by atoms with van der Waals surface area (Å²) in [5.41, 5.74) is 7.04. The predicted octanol–water partition coefficient (Wildman–Crippen LogP) is -0.322. The summed E-state index contributed by atoms with van der Waals surface area (Å²) in [4.78, 5) is 29.9. The van der Waals surface area contributed by atoms with E-state index in [2.05, 4.69) is 10.3 Å². The average Bonchev–Trinajstić information content (AvgIpc) is 2.79. The molecule has 2 atom stereocenters. The molecule has 0 aromatic carbocycles. The van der Waals surface area contributed by atoms with Crippen LogP contribution in [0.15, 0.2) is 18.3 Å². The molecular weight excluding hydrogens is 244 g/mol. The summed E-state index contributed by atoms with van der Waals surface area (Å²) in [6, 6.07) is 2.92. The van der Waals surface area contributed by atoms with E-state index in [1.165, 1.54) is 4.90 Å². The molecule has 1 aliphatic heterocycles. The third-order valence-electron chi connectivity index (χ3n) is 3.36. The number of likely N-dealkylation sites (N-methyl/N-ethyl adjacent to an activating group) is 1. The van der Waals surface area contributed by atoms with Gasteiger partial charge in [-0.15, -0.1) is 0 Å². The second kappa shape index (κ2) is 5.36. The van der Waals surface area contributed by atoms with E-state index in [0.29, 0.717) is 18.7 Å². The fraction of sp³-hybridized carbons (Fsp3) is 0.462. The van der Waals surface area contributed by atoms with Crippen molar-refractivity contribution in [3.63, 3.8) is 0 Å².